The molecule has 27 heavy (non-hydrogen) atoms. The first-order valence-electron chi connectivity index (χ1n) is 8.44. The monoisotopic (exact) mass is 434 g/mol. The Morgan fingerprint density at radius 2 is 1.44 bits per heavy atom. The lowest BCUT2D eigenvalue weighted by molar-refractivity contribution is -0.131. The molecule has 2 aromatic rings. The van der Waals surface area contributed by atoms with Gasteiger partial charge in [-0.2, -0.15) is 0 Å². The van der Waals surface area contributed by atoms with Crippen molar-refractivity contribution in [3.63, 3.8) is 0 Å². The highest BCUT2D eigenvalue weighted by Gasteiger charge is 2.19. The molecule has 0 aliphatic heterocycles. The molecule has 7 heteroatoms. The molecule has 6 nitrogen and oxygen atoms in total. The zero-order chi connectivity index (χ0) is 19.9. The number of rotatable bonds is 6. The largest absolute Gasteiger partial charge is 0.484 e. The maximum Gasteiger partial charge on any atom is 0.276 e. The van der Waals surface area contributed by atoms with Crippen LogP contribution < -0.4 is 20.3 Å². The number of para-hydroxylation sites is 1. The van der Waals surface area contributed by atoms with Crippen LogP contribution in [0.4, 0.5) is 0 Å². The summed E-state index contributed by atoms with van der Waals surface area (Å²) in [4.78, 5) is 23.6. The summed E-state index contributed by atoms with van der Waals surface area (Å²) < 4.78 is 11.8. The van der Waals surface area contributed by atoms with Gasteiger partial charge in [0.25, 0.3) is 11.8 Å². The zero-order valence-corrected chi connectivity index (χ0v) is 17.1. The van der Waals surface area contributed by atoms with Crippen LogP contribution in [0.2, 0.25) is 0 Å². The average Bonchev–Trinajstić information content (AvgIpc) is 2.63. The van der Waals surface area contributed by atoms with E-state index in [0.29, 0.717) is 11.5 Å². The molecule has 0 aliphatic carbocycles. The lowest BCUT2D eigenvalue weighted by atomic mass is 9.86. The van der Waals surface area contributed by atoms with Crippen LogP contribution >= 0.6 is 15.9 Å². The van der Waals surface area contributed by atoms with Crippen molar-refractivity contribution in [3.05, 3.63) is 58.6 Å². The van der Waals surface area contributed by atoms with Gasteiger partial charge in [0.05, 0.1) is 0 Å². The summed E-state index contributed by atoms with van der Waals surface area (Å²) in [6.07, 6.45) is 0. The molecule has 2 amide bonds. The predicted octanol–water partition coefficient (Wildman–Crippen LogP) is 3.35. The quantitative estimate of drug-likeness (QED) is 0.683. The van der Waals surface area contributed by atoms with E-state index in [0.717, 1.165) is 10.0 Å². The number of halogens is 1. The SMILES string of the molecule is CC(C)(C)c1ccccc1OCC(=O)NNC(=O)COc1ccc(Br)cc1. The maximum atomic E-state index is 11.9. The second-order valence-electron chi connectivity index (χ2n) is 6.87. The van der Waals surface area contributed by atoms with E-state index in [1.807, 2.05) is 36.4 Å². The van der Waals surface area contributed by atoms with Gasteiger partial charge < -0.3 is 9.47 Å². The highest BCUT2D eigenvalue weighted by molar-refractivity contribution is 9.10. The van der Waals surface area contributed by atoms with E-state index < -0.39 is 11.8 Å². The number of amides is 2. The molecule has 0 unspecified atom stereocenters. The average molecular weight is 435 g/mol. The first-order chi connectivity index (χ1) is 12.8. The molecule has 0 atom stereocenters. The van der Waals surface area contributed by atoms with E-state index in [9.17, 15) is 9.59 Å². The van der Waals surface area contributed by atoms with Crippen LogP contribution in [0, 0.1) is 0 Å². The Hall–Kier alpha value is -2.54. The minimum absolute atomic E-state index is 0.106. The fraction of sp³-hybridized carbons (Fsp3) is 0.300. The van der Waals surface area contributed by atoms with E-state index >= 15 is 0 Å². The van der Waals surface area contributed by atoms with Crippen LogP contribution in [0.15, 0.2) is 53.0 Å². The van der Waals surface area contributed by atoms with Gasteiger partial charge >= 0.3 is 0 Å². The van der Waals surface area contributed by atoms with Gasteiger partial charge in [-0.25, -0.2) is 0 Å². The maximum absolute atomic E-state index is 11.9. The van der Waals surface area contributed by atoms with Crippen molar-refractivity contribution in [3.8, 4) is 11.5 Å². The summed E-state index contributed by atoms with van der Waals surface area (Å²) >= 11 is 3.32. The molecule has 144 valence electrons. The van der Waals surface area contributed by atoms with Crippen LogP contribution in [0.5, 0.6) is 11.5 Å². The van der Waals surface area contributed by atoms with Crippen LogP contribution in [-0.4, -0.2) is 25.0 Å². The number of carbonyl (C=O) groups excluding carboxylic acids is 2. The Morgan fingerprint density at radius 1 is 0.889 bits per heavy atom. The van der Waals surface area contributed by atoms with Crippen LogP contribution in [0.3, 0.4) is 0 Å². The third-order valence-electron chi connectivity index (χ3n) is 3.58. The van der Waals surface area contributed by atoms with E-state index in [-0.39, 0.29) is 18.6 Å². The molecule has 0 spiro atoms. The van der Waals surface area contributed by atoms with Crippen molar-refractivity contribution in [2.75, 3.05) is 13.2 Å². The molecular weight excluding hydrogens is 412 g/mol. The zero-order valence-electron chi connectivity index (χ0n) is 15.5. The van der Waals surface area contributed by atoms with E-state index in [1.165, 1.54) is 0 Å². The summed E-state index contributed by atoms with van der Waals surface area (Å²) in [6.45, 7) is 5.79. The second-order valence-corrected chi connectivity index (χ2v) is 7.79. The summed E-state index contributed by atoms with van der Waals surface area (Å²) in [5.41, 5.74) is 5.50. The Balaban J connectivity index is 1.75. The Labute approximate surface area is 167 Å². The molecule has 0 saturated heterocycles. The van der Waals surface area contributed by atoms with Crippen molar-refractivity contribution < 1.29 is 19.1 Å². The molecule has 0 radical (unpaired) electrons. The highest BCUT2D eigenvalue weighted by Crippen LogP contribution is 2.30. The molecule has 2 rings (SSSR count). The molecule has 0 saturated carbocycles. The van der Waals surface area contributed by atoms with Gasteiger partial charge in [-0.3, -0.25) is 20.4 Å². The number of hydrazine groups is 1. The standard InChI is InChI=1S/C20H23BrN2O4/c1-20(2,3)16-6-4-5-7-17(16)27-13-19(25)23-22-18(24)12-26-15-10-8-14(21)9-11-15/h4-11H,12-13H2,1-3H3,(H,22,24)(H,23,25). The lowest BCUT2D eigenvalue weighted by Gasteiger charge is -2.22. The van der Waals surface area contributed by atoms with Gasteiger partial charge in [-0.15, -0.1) is 0 Å². The fourth-order valence-corrected chi connectivity index (χ4v) is 2.51. The smallest absolute Gasteiger partial charge is 0.276 e. The molecular formula is C20H23BrN2O4. The van der Waals surface area contributed by atoms with Crippen molar-refractivity contribution >= 4 is 27.7 Å². The lowest BCUT2D eigenvalue weighted by Crippen LogP contribution is -2.45. The first kappa shape index (κ1) is 20.8. The van der Waals surface area contributed by atoms with Gasteiger partial charge in [0.15, 0.2) is 13.2 Å². The number of benzene rings is 2. The van der Waals surface area contributed by atoms with Gasteiger partial charge in [-0.1, -0.05) is 54.9 Å². The van der Waals surface area contributed by atoms with Crippen molar-refractivity contribution in [2.45, 2.75) is 26.2 Å². The van der Waals surface area contributed by atoms with Crippen molar-refractivity contribution in [1.29, 1.82) is 0 Å². The number of ether oxygens (including phenoxy) is 2. The normalized spacial score (nSPS) is 10.8. The minimum Gasteiger partial charge on any atom is -0.484 e. The molecule has 0 heterocycles. The topological polar surface area (TPSA) is 76.7 Å². The van der Waals surface area contributed by atoms with E-state index in [4.69, 9.17) is 9.47 Å². The molecule has 0 bridgehead atoms. The van der Waals surface area contributed by atoms with Crippen molar-refractivity contribution in [1.82, 2.24) is 10.9 Å². The molecule has 2 aromatic carbocycles. The Morgan fingerprint density at radius 3 is 2.04 bits per heavy atom. The van der Waals surface area contributed by atoms with Crippen molar-refractivity contribution in [2.24, 2.45) is 0 Å². The first-order valence-corrected chi connectivity index (χ1v) is 9.23. The third kappa shape index (κ3) is 6.94. The number of hydrogen-bond donors (Lipinski definition) is 2. The van der Waals surface area contributed by atoms with Crippen LogP contribution in [0.1, 0.15) is 26.3 Å². The Kier molecular flexibility index (Phi) is 7.24. The van der Waals surface area contributed by atoms with Crippen LogP contribution in [-0.2, 0) is 15.0 Å². The Bertz CT molecular complexity index is 785. The molecule has 2 N–H and O–H groups in total. The van der Waals surface area contributed by atoms with Crippen LogP contribution in [0.25, 0.3) is 0 Å². The van der Waals surface area contributed by atoms with Gasteiger partial charge in [0.1, 0.15) is 11.5 Å². The third-order valence-corrected chi connectivity index (χ3v) is 4.11. The van der Waals surface area contributed by atoms with E-state index in [2.05, 4.69) is 47.6 Å². The van der Waals surface area contributed by atoms with Gasteiger partial charge in [0, 0.05) is 4.47 Å². The van der Waals surface area contributed by atoms with E-state index in [1.54, 1.807) is 12.1 Å². The van der Waals surface area contributed by atoms with Gasteiger partial charge in [-0.05, 0) is 41.3 Å². The number of carbonyl (C=O) groups is 2. The molecule has 0 fully saturated rings. The summed E-state index contributed by atoms with van der Waals surface area (Å²) in [5.74, 6) is 0.268. The summed E-state index contributed by atoms with van der Waals surface area (Å²) in [6, 6.07) is 14.6. The number of hydrogen-bond acceptors (Lipinski definition) is 4. The summed E-state index contributed by atoms with van der Waals surface area (Å²) in [7, 11) is 0. The van der Waals surface area contributed by atoms with Gasteiger partial charge in [0.2, 0.25) is 0 Å². The minimum atomic E-state index is -0.471. The second kappa shape index (κ2) is 9.41. The number of nitrogens with one attached hydrogen (secondary N) is 2. The highest BCUT2D eigenvalue weighted by atomic mass is 79.9. The molecule has 0 aromatic heterocycles. The fourth-order valence-electron chi connectivity index (χ4n) is 2.25. The predicted molar refractivity (Wildman–Crippen MR) is 107 cm³/mol. The molecule has 0 aliphatic rings. The summed E-state index contributed by atoms with van der Waals surface area (Å²) in [5, 5.41) is 0.